The summed E-state index contributed by atoms with van der Waals surface area (Å²) in [6.45, 7) is 5.46. The summed E-state index contributed by atoms with van der Waals surface area (Å²) in [6, 6.07) is -0.173. The van der Waals surface area contributed by atoms with E-state index in [2.05, 4.69) is 6.92 Å². The summed E-state index contributed by atoms with van der Waals surface area (Å²) < 4.78 is 0. The zero-order chi connectivity index (χ0) is 11.4. The molecule has 1 fully saturated rings. The molecule has 0 saturated carbocycles. The van der Waals surface area contributed by atoms with Crippen molar-refractivity contribution in [1.29, 1.82) is 0 Å². The van der Waals surface area contributed by atoms with E-state index in [4.69, 9.17) is 11.5 Å². The minimum absolute atomic E-state index is 0.0690. The number of piperidine rings is 1. The van der Waals surface area contributed by atoms with Crippen LogP contribution in [0.4, 0.5) is 0 Å². The summed E-state index contributed by atoms with van der Waals surface area (Å²) in [7, 11) is 0. The zero-order valence-corrected chi connectivity index (χ0v) is 9.78. The molecule has 0 aromatic heterocycles. The summed E-state index contributed by atoms with van der Waals surface area (Å²) >= 11 is 0. The molecule has 0 aromatic rings. The second-order valence-corrected chi connectivity index (χ2v) is 4.47. The summed E-state index contributed by atoms with van der Waals surface area (Å²) in [5, 5.41) is 0. The summed E-state index contributed by atoms with van der Waals surface area (Å²) in [5.41, 5.74) is 11.5. The van der Waals surface area contributed by atoms with Crippen LogP contribution in [0.15, 0.2) is 0 Å². The molecule has 1 aliphatic rings. The van der Waals surface area contributed by atoms with Crippen molar-refractivity contribution in [3.63, 3.8) is 0 Å². The number of hydrogen-bond donors (Lipinski definition) is 2. The van der Waals surface area contributed by atoms with Crippen molar-refractivity contribution in [2.45, 2.75) is 45.2 Å². The van der Waals surface area contributed by atoms with Gasteiger partial charge < -0.3 is 16.4 Å². The van der Waals surface area contributed by atoms with Crippen molar-refractivity contribution in [3.05, 3.63) is 0 Å². The van der Waals surface area contributed by atoms with Gasteiger partial charge in [0.05, 0.1) is 6.04 Å². The lowest BCUT2D eigenvalue weighted by molar-refractivity contribution is -0.137. The predicted octanol–water partition coefficient (Wildman–Crippen LogP) is 0.310. The van der Waals surface area contributed by atoms with Gasteiger partial charge in [0.15, 0.2) is 0 Å². The molecule has 1 aliphatic heterocycles. The van der Waals surface area contributed by atoms with Gasteiger partial charge in [-0.25, -0.2) is 0 Å². The van der Waals surface area contributed by atoms with Crippen molar-refractivity contribution in [2.75, 3.05) is 13.1 Å². The van der Waals surface area contributed by atoms with E-state index in [-0.39, 0.29) is 18.0 Å². The third-order valence-electron chi connectivity index (χ3n) is 3.40. The lowest BCUT2D eigenvalue weighted by atomic mass is 9.90. The Hall–Kier alpha value is -0.610. The fourth-order valence-corrected chi connectivity index (χ4v) is 2.27. The van der Waals surface area contributed by atoms with Crippen LogP contribution in [0.5, 0.6) is 0 Å². The second kappa shape index (κ2) is 5.47. The van der Waals surface area contributed by atoms with Crippen molar-refractivity contribution in [1.82, 2.24) is 4.90 Å². The Bertz CT molecular complexity index is 220. The van der Waals surface area contributed by atoms with Gasteiger partial charge in [0.1, 0.15) is 0 Å². The van der Waals surface area contributed by atoms with Gasteiger partial charge in [0.25, 0.3) is 0 Å². The first kappa shape index (κ1) is 12.5. The quantitative estimate of drug-likeness (QED) is 0.708. The van der Waals surface area contributed by atoms with E-state index in [0.717, 1.165) is 19.4 Å². The largest absolute Gasteiger partial charge is 0.337 e. The third-order valence-corrected chi connectivity index (χ3v) is 3.40. The first-order chi connectivity index (χ1) is 7.11. The molecular formula is C11H23N3O. The van der Waals surface area contributed by atoms with Gasteiger partial charge >= 0.3 is 0 Å². The van der Waals surface area contributed by atoms with E-state index in [1.807, 2.05) is 11.8 Å². The predicted molar refractivity (Wildman–Crippen MR) is 61.2 cm³/mol. The molecule has 0 radical (unpaired) electrons. The van der Waals surface area contributed by atoms with Crippen LogP contribution in [0.25, 0.3) is 0 Å². The standard InChI is InChI=1S/C11H23N3O/c1-3-9(13)11(15)14-6-4-5-8(2)10(14)7-12/h8-10H,3-7,12-13H2,1-2H3/t8?,9-,10?/m0/s1. The van der Waals surface area contributed by atoms with Crippen molar-refractivity contribution >= 4 is 5.91 Å². The average Bonchev–Trinajstić information content (AvgIpc) is 2.26. The fourth-order valence-electron chi connectivity index (χ4n) is 2.27. The smallest absolute Gasteiger partial charge is 0.239 e. The molecule has 15 heavy (non-hydrogen) atoms. The SMILES string of the molecule is CC[C@H](N)C(=O)N1CCCC(C)C1CN. The van der Waals surface area contributed by atoms with Gasteiger partial charge in [-0.2, -0.15) is 0 Å². The molecule has 1 saturated heterocycles. The zero-order valence-electron chi connectivity index (χ0n) is 9.78. The summed E-state index contributed by atoms with van der Waals surface area (Å²) in [5.74, 6) is 0.566. The van der Waals surface area contributed by atoms with E-state index in [1.165, 1.54) is 0 Å². The molecular weight excluding hydrogens is 190 g/mol. The van der Waals surface area contributed by atoms with E-state index in [9.17, 15) is 4.79 Å². The van der Waals surface area contributed by atoms with Crippen LogP contribution in [0, 0.1) is 5.92 Å². The Morgan fingerprint density at radius 2 is 2.27 bits per heavy atom. The molecule has 0 aliphatic carbocycles. The van der Waals surface area contributed by atoms with Crippen LogP contribution in [-0.2, 0) is 4.79 Å². The average molecular weight is 213 g/mol. The fraction of sp³-hybridized carbons (Fsp3) is 0.909. The Morgan fingerprint density at radius 3 is 2.80 bits per heavy atom. The van der Waals surface area contributed by atoms with Crippen LogP contribution in [0.3, 0.4) is 0 Å². The number of amides is 1. The van der Waals surface area contributed by atoms with Crippen molar-refractivity contribution < 1.29 is 4.79 Å². The van der Waals surface area contributed by atoms with Crippen molar-refractivity contribution in [3.8, 4) is 0 Å². The molecule has 88 valence electrons. The van der Waals surface area contributed by atoms with E-state index >= 15 is 0 Å². The highest BCUT2D eigenvalue weighted by atomic mass is 16.2. The molecule has 4 nitrogen and oxygen atoms in total. The van der Waals surface area contributed by atoms with Crippen LogP contribution < -0.4 is 11.5 Å². The van der Waals surface area contributed by atoms with Crippen LogP contribution in [0.1, 0.15) is 33.1 Å². The number of likely N-dealkylation sites (tertiary alicyclic amines) is 1. The molecule has 1 rings (SSSR count). The highest BCUT2D eigenvalue weighted by Gasteiger charge is 2.32. The Balaban J connectivity index is 2.69. The number of rotatable bonds is 3. The molecule has 1 heterocycles. The van der Waals surface area contributed by atoms with E-state index < -0.39 is 0 Å². The normalized spacial score (nSPS) is 28.9. The van der Waals surface area contributed by atoms with E-state index in [1.54, 1.807) is 0 Å². The molecule has 0 bridgehead atoms. The summed E-state index contributed by atoms with van der Waals surface area (Å²) in [4.78, 5) is 13.9. The third kappa shape index (κ3) is 2.69. The first-order valence-electron chi connectivity index (χ1n) is 5.87. The Kier molecular flexibility index (Phi) is 4.54. The highest BCUT2D eigenvalue weighted by molar-refractivity contribution is 5.82. The monoisotopic (exact) mass is 213 g/mol. The Morgan fingerprint density at radius 1 is 1.60 bits per heavy atom. The summed E-state index contributed by atoms with van der Waals surface area (Å²) in [6.07, 6.45) is 2.92. The maximum absolute atomic E-state index is 12.0. The van der Waals surface area contributed by atoms with Gasteiger partial charge in [-0.15, -0.1) is 0 Å². The van der Waals surface area contributed by atoms with Crippen LogP contribution in [0.2, 0.25) is 0 Å². The lowest BCUT2D eigenvalue weighted by Crippen LogP contribution is -2.55. The highest BCUT2D eigenvalue weighted by Crippen LogP contribution is 2.23. The topological polar surface area (TPSA) is 72.4 Å². The molecule has 4 N–H and O–H groups in total. The van der Waals surface area contributed by atoms with Gasteiger partial charge in [-0.1, -0.05) is 13.8 Å². The number of nitrogens with zero attached hydrogens (tertiary/aromatic N) is 1. The van der Waals surface area contributed by atoms with Crippen LogP contribution in [-0.4, -0.2) is 36.0 Å². The Labute approximate surface area is 92.0 Å². The van der Waals surface area contributed by atoms with Crippen LogP contribution >= 0.6 is 0 Å². The maximum atomic E-state index is 12.0. The van der Waals surface area contributed by atoms with Gasteiger partial charge in [0.2, 0.25) is 5.91 Å². The molecule has 0 aromatic carbocycles. The number of carbonyl (C=O) groups is 1. The first-order valence-corrected chi connectivity index (χ1v) is 5.87. The number of carbonyl (C=O) groups excluding carboxylic acids is 1. The number of nitrogens with two attached hydrogens (primary N) is 2. The lowest BCUT2D eigenvalue weighted by Gasteiger charge is -2.40. The minimum Gasteiger partial charge on any atom is -0.337 e. The van der Waals surface area contributed by atoms with Crippen molar-refractivity contribution in [2.24, 2.45) is 17.4 Å². The second-order valence-electron chi connectivity index (χ2n) is 4.47. The molecule has 1 amide bonds. The van der Waals surface area contributed by atoms with Gasteiger partial charge in [0, 0.05) is 19.1 Å². The van der Waals surface area contributed by atoms with E-state index in [0.29, 0.717) is 18.9 Å². The maximum Gasteiger partial charge on any atom is 0.239 e. The molecule has 2 unspecified atom stereocenters. The minimum atomic E-state index is -0.357. The number of hydrogen-bond acceptors (Lipinski definition) is 3. The van der Waals surface area contributed by atoms with Gasteiger partial charge in [-0.3, -0.25) is 4.79 Å². The molecule has 0 spiro atoms. The molecule has 3 atom stereocenters. The molecule has 4 heteroatoms. The van der Waals surface area contributed by atoms with Gasteiger partial charge in [-0.05, 0) is 25.2 Å².